The maximum absolute atomic E-state index is 12.3. The van der Waals surface area contributed by atoms with Crippen molar-refractivity contribution in [2.75, 3.05) is 0 Å². The van der Waals surface area contributed by atoms with Gasteiger partial charge in [0, 0.05) is 17.3 Å². The molecule has 6 heteroatoms. The van der Waals surface area contributed by atoms with E-state index in [-0.39, 0.29) is 17.7 Å². The number of carbonyl (C=O) groups is 1. The van der Waals surface area contributed by atoms with E-state index in [0.717, 1.165) is 24.1 Å². The highest BCUT2D eigenvalue weighted by Gasteiger charge is 2.10. The Bertz CT molecular complexity index is 812. The van der Waals surface area contributed by atoms with Gasteiger partial charge in [-0.3, -0.25) is 9.36 Å². The van der Waals surface area contributed by atoms with Crippen LogP contribution in [0.5, 0.6) is 5.75 Å². The van der Waals surface area contributed by atoms with Gasteiger partial charge in [-0.05, 0) is 61.7 Å². The van der Waals surface area contributed by atoms with E-state index in [1.54, 1.807) is 41.5 Å². The highest BCUT2D eigenvalue weighted by Crippen LogP contribution is 2.13. The van der Waals surface area contributed by atoms with E-state index in [1.165, 1.54) is 0 Å². The van der Waals surface area contributed by atoms with Crippen LogP contribution in [0.3, 0.4) is 0 Å². The second-order valence-electron chi connectivity index (χ2n) is 6.00. The fourth-order valence-corrected chi connectivity index (χ4v) is 2.54. The van der Waals surface area contributed by atoms with Crippen LogP contribution in [-0.2, 0) is 6.42 Å². The summed E-state index contributed by atoms with van der Waals surface area (Å²) in [7, 11) is 0. The van der Waals surface area contributed by atoms with Gasteiger partial charge < -0.3 is 10.4 Å². The number of amides is 1. The lowest BCUT2D eigenvalue weighted by atomic mass is 10.1. The third-order valence-electron chi connectivity index (χ3n) is 4.03. The van der Waals surface area contributed by atoms with E-state index < -0.39 is 0 Å². The molecule has 1 atom stereocenters. The summed E-state index contributed by atoms with van der Waals surface area (Å²) in [6, 6.07) is 14.5. The minimum absolute atomic E-state index is 0.0545. The number of hydrogen-bond donors (Lipinski definition) is 2. The highest BCUT2D eigenvalue weighted by atomic mass is 16.3. The van der Waals surface area contributed by atoms with E-state index in [4.69, 9.17) is 0 Å². The van der Waals surface area contributed by atoms with Crippen molar-refractivity contribution in [1.82, 2.24) is 20.1 Å². The van der Waals surface area contributed by atoms with Crippen molar-refractivity contribution in [3.05, 3.63) is 72.3 Å². The first kappa shape index (κ1) is 16.7. The van der Waals surface area contributed by atoms with Crippen LogP contribution in [0.15, 0.2) is 61.2 Å². The number of aromatic hydroxyl groups is 1. The van der Waals surface area contributed by atoms with Gasteiger partial charge in [-0.1, -0.05) is 12.1 Å². The minimum Gasteiger partial charge on any atom is -0.508 e. The molecule has 3 rings (SSSR count). The SMILES string of the molecule is CC(CCc1ccc(O)cc1)NC(=O)c1ccc(-n2cnnc2)cc1. The standard InChI is InChI=1S/C19H20N4O2/c1-14(2-3-15-4-10-18(24)11-5-15)22-19(25)16-6-8-17(9-7-16)23-12-20-21-13-23/h4-14,24H,2-3H2,1H3,(H,22,25). The molecule has 0 aliphatic rings. The predicted octanol–water partition coefficient (Wildman–Crippen LogP) is 2.72. The van der Waals surface area contributed by atoms with Crippen molar-refractivity contribution in [1.29, 1.82) is 0 Å². The normalized spacial score (nSPS) is 11.9. The first-order chi connectivity index (χ1) is 12.1. The Kier molecular flexibility index (Phi) is 5.09. The van der Waals surface area contributed by atoms with Crippen molar-refractivity contribution in [2.45, 2.75) is 25.8 Å². The number of nitrogens with one attached hydrogen (secondary N) is 1. The molecule has 2 aromatic carbocycles. The molecular weight excluding hydrogens is 316 g/mol. The average molecular weight is 336 g/mol. The molecule has 0 saturated carbocycles. The molecule has 1 aromatic heterocycles. The van der Waals surface area contributed by atoms with Gasteiger partial charge in [0.05, 0.1) is 0 Å². The maximum Gasteiger partial charge on any atom is 0.251 e. The monoisotopic (exact) mass is 336 g/mol. The third kappa shape index (κ3) is 4.44. The molecule has 0 bridgehead atoms. The summed E-state index contributed by atoms with van der Waals surface area (Å²) in [5, 5.41) is 19.8. The molecule has 0 spiro atoms. The molecule has 3 aromatic rings. The number of aromatic nitrogens is 3. The number of aryl methyl sites for hydroxylation is 1. The maximum atomic E-state index is 12.3. The fraction of sp³-hybridized carbons (Fsp3) is 0.211. The van der Waals surface area contributed by atoms with Crippen LogP contribution in [0, 0.1) is 0 Å². The van der Waals surface area contributed by atoms with Gasteiger partial charge >= 0.3 is 0 Å². The molecule has 0 aliphatic heterocycles. The Morgan fingerprint density at radius 1 is 1.08 bits per heavy atom. The molecule has 2 N–H and O–H groups in total. The molecule has 1 amide bonds. The molecule has 1 unspecified atom stereocenters. The number of phenols is 1. The second-order valence-corrected chi connectivity index (χ2v) is 6.00. The van der Waals surface area contributed by atoms with E-state index in [9.17, 15) is 9.90 Å². The number of carbonyl (C=O) groups excluding carboxylic acids is 1. The zero-order valence-corrected chi connectivity index (χ0v) is 14.0. The number of hydrogen-bond acceptors (Lipinski definition) is 4. The molecule has 0 fully saturated rings. The molecule has 0 saturated heterocycles. The summed E-state index contributed by atoms with van der Waals surface area (Å²) < 4.78 is 1.78. The van der Waals surface area contributed by atoms with Crippen LogP contribution in [0.1, 0.15) is 29.3 Å². The lowest BCUT2D eigenvalue weighted by Crippen LogP contribution is -2.32. The molecule has 0 aliphatic carbocycles. The predicted molar refractivity (Wildman–Crippen MR) is 94.7 cm³/mol. The molecule has 1 heterocycles. The summed E-state index contributed by atoms with van der Waals surface area (Å²) >= 11 is 0. The number of rotatable bonds is 6. The Morgan fingerprint density at radius 2 is 1.72 bits per heavy atom. The quantitative estimate of drug-likeness (QED) is 0.725. The van der Waals surface area contributed by atoms with Gasteiger partial charge in [-0.2, -0.15) is 0 Å². The van der Waals surface area contributed by atoms with Gasteiger partial charge in [0.2, 0.25) is 0 Å². The summed E-state index contributed by atoms with van der Waals surface area (Å²) in [5.41, 5.74) is 2.66. The third-order valence-corrected chi connectivity index (χ3v) is 4.03. The first-order valence-electron chi connectivity index (χ1n) is 8.15. The number of phenolic OH excluding ortho intramolecular Hbond substituents is 1. The number of nitrogens with zero attached hydrogens (tertiary/aromatic N) is 3. The Morgan fingerprint density at radius 3 is 2.36 bits per heavy atom. The topological polar surface area (TPSA) is 80.0 Å². The largest absolute Gasteiger partial charge is 0.508 e. The van der Waals surface area contributed by atoms with Crippen LogP contribution >= 0.6 is 0 Å². The van der Waals surface area contributed by atoms with Crippen LogP contribution < -0.4 is 5.32 Å². The van der Waals surface area contributed by atoms with Crippen LogP contribution in [0.2, 0.25) is 0 Å². The molecule has 0 radical (unpaired) electrons. The summed E-state index contributed by atoms with van der Waals surface area (Å²) in [4.78, 5) is 12.3. The molecular formula is C19H20N4O2. The summed E-state index contributed by atoms with van der Waals surface area (Å²) in [5.74, 6) is 0.175. The van der Waals surface area contributed by atoms with Gasteiger partial charge in [0.15, 0.2) is 0 Å². The molecule has 25 heavy (non-hydrogen) atoms. The second kappa shape index (κ2) is 7.61. The zero-order chi connectivity index (χ0) is 17.6. The first-order valence-corrected chi connectivity index (χ1v) is 8.15. The Labute approximate surface area is 146 Å². The number of benzene rings is 2. The van der Waals surface area contributed by atoms with Crippen molar-refractivity contribution in [3.63, 3.8) is 0 Å². The van der Waals surface area contributed by atoms with E-state index in [1.807, 2.05) is 31.2 Å². The van der Waals surface area contributed by atoms with Crippen LogP contribution in [0.25, 0.3) is 5.69 Å². The van der Waals surface area contributed by atoms with Crippen molar-refractivity contribution < 1.29 is 9.90 Å². The van der Waals surface area contributed by atoms with Crippen molar-refractivity contribution in [3.8, 4) is 11.4 Å². The van der Waals surface area contributed by atoms with Gasteiger partial charge in [-0.15, -0.1) is 10.2 Å². The Balaban J connectivity index is 1.53. The zero-order valence-electron chi connectivity index (χ0n) is 14.0. The van der Waals surface area contributed by atoms with Gasteiger partial charge in [-0.25, -0.2) is 0 Å². The van der Waals surface area contributed by atoms with E-state index >= 15 is 0 Å². The Hall–Kier alpha value is -3.15. The van der Waals surface area contributed by atoms with Crippen molar-refractivity contribution >= 4 is 5.91 Å². The van der Waals surface area contributed by atoms with E-state index in [0.29, 0.717) is 5.56 Å². The fourth-order valence-electron chi connectivity index (χ4n) is 2.54. The van der Waals surface area contributed by atoms with Gasteiger partial charge in [0.1, 0.15) is 18.4 Å². The lowest BCUT2D eigenvalue weighted by Gasteiger charge is -2.14. The van der Waals surface area contributed by atoms with Gasteiger partial charge in [0.25, 0.3) is 5.91 Å². The van der Waals surface area contributed by atoms with Crippen LogP contribution in [0.4, 0.5) is 0 Å². The minimum atomic E-state index is -0.0893. The average Bonchev–Trinajstić information content (AvgIpc) is 3.16. The highest BCUT2D eigenvalue weighted by molar-refractivity contribution is 5.94. The molecule has 6 nitrogen and oxygen atoms in total. The smallest absolute Gasteiger partial charge is 0.251 e. The molecule has 128 valence electrons. The lowest BCUT2D eigenvalue weighted by molar-refractivity contribution is 0.0938. The summed E-state index contributed by atoms with van der Waals surface area (Å²) in [6.07, 6.45) is 4.89. The van der Waals surface area contributed by atoms with Crippen molar-refractivity contribution in [2.24, 2.45) is 0 Å². The van der Waals surface area contributed by atoms with Crippen LogP contribution in [-0.4, -0.2) is 31.8 Å². The van der Waals surface area contributed by atoms with E-state index in [2.05, 4.69) is 15.5 Å². The summed E-state index contributed by atoms with van der Waals surface area (Å²) in [6.45, 7) is 1.99.